The average Bonchev–Trinajstić information content (AvgIpc) is 3.79. The topological polar surface area (TPSA) is 109 Å². The number of hydrogen-bond donors (Lipinski definition) is 1. The molecule has 3 aromatic rings. The summed E-state index contributed by atoms with van der Waals surface area (Å²) in [6, 6.07) is 11.8. The van der Waals surface area contributed by atoms with Crippen molar-refractivity contribution in [3.63, 3.8) is 0 Å². The number of halogens is 3. The largest absolute Gasteiger partial charge is 0.483 e. The fraction of sp³-hybridized carbons (Fsp3) is 0.438. The number of nitrogens with zero attached hydrogens (tertiary/aromatic N) is 2. The Morgan fingerprint density at radius 3 is 2.50 bits per heavy atom. The molecule has 5 aliphatic rings. The van der Waals surface area contributed by atoms with Gasteiger partial charge in [-0.3, -0.25) is 24.1 Å². The Kier molecular flexibility index (Phi) is 7.11. The molecule has 8 rings (SSSR count). The number of ether oxygens (including phenoxy) is 2. The SMILES string of the molecule is O=C(COc1ccccc1[C@H]1c2sc(=O)[nH]c2SC2C3CC(C4C(=O)N(c5cccc(C(F)(F)F)c5)C(=O)C34)C21)N1CCOCC1. The van der Waals surface area contributed by atoms with E-state index in [0.717, 1.165) is 43.8 Å². The van der Waals surface area contributed by atoms with E-state index in [2.05, 4.69) is 4.98 Å². The molecule has 1 aromatic heterocycles. The molecule has 0 spiro atoms. The lowest BCUT2D eigenvalue weighted by Crippen LogP contribution is -2.43. The maximum absolute atomic E-state index is 14.0. The van der Waals surface area contributed by atoms with Gasteiger partial charge in [-0.05, 0) is 48.4 Å². The predicted octanol–water partition coefficient (Wildman–Crippen LogP) is 4.37. The Morgan fingerprint density at radius 1 is 1.00 bits per heavy atom. The van der Waals surface area contributed by atoms with Crippen molar-refractivity contribution < 1.29 is 37.0 Å². The first-order valence-electron chi connectivity index (χ1n) is 15.1. The van der Waals surface area contributed by atoms with E-state index in [-0.39, 0.29) is 52.0 Å². The Bertz CT molecular complexity index is 1800. The summed E-state index contributed by atoms with van der Waals surface area (Å²) in [5.41, 5.74) is -0.204. The third-order valence-corrected chi connectivity index (χ3v) is 12.7. The molecule has 46 heavy (non-hydrogen) atoms. The fourth-order valence-corrected chi connectivity index (χ4v) is 11.2. The second-order valence-corrected chi connectivity index (χ2v) is 14.5. The van der Waals surface area contributed by atoms with Crippen molar-refractivity contribution in [1.29, 1.82) is 0 Å². The van der Waals surface area contributed by atoms with E-state index in [1.165, 1.54) is 23.9 Å². The number of fused-ring (bicyclic) bond motifs is 9. The summed E-state index contributed by atoms with van der Waals surface area (Å²) < 4.78 is 52.1. The van der Waals surface area contributed by atoms with Crippen molar-refractivity contribution in [2.45, 2.75) is 28.8 Å². The number of thioether (sulfide) groups is 1. The van der Waals surface area contributed by atoms with E-state index in [9.17, 15) is 32.3 Å². The zero-order valence-electron chi connectivity index (χ0n) is 24.2. The van der Waals surface area contributed by atoms with Crippen LogP contribution >= 0.6 is 23.1 Å². The molecule has 6 unspecified atom stereocenters. The number of imide groups is 1. The number of carbonyl (C=O) groups is 3. The van der Waals surface area contributed by atoms with Gasteiger partial charge >= 0.3 is 11.0 Å². The van der Waals surface area contributed by atoms with E-state index in [4.69, 9.17) is 9.47 Å². The summed E-state index contributed by atoms with van der Waals surface area (Å²) >= 11 is 2.63. The minimum Gasteiger partial charge on any atom is -0.483 e. The molecule has 4 fully saturated rings. The molecular weight excluding hydrogens is 643 g/mol. The first-order valence-corrected chi connectivity index (χ1v) is 16.8. The highest BCUT2D eigenvalue weighted by Gasteiger charge is 2.70. The van der Waals surface area contributed by atoms with Crippen molar-refractivity contribution in [3.8, 4) is 5.75 Å². The lowest BCUT2D eigenvalue weighted by atomic mass is 9.68. The van der Waals surface area contributed by atoms with Crippen LogP contribution < -0.4 is 14.5 Å². The van der Waals surface area contributed by atoms with E-state index < -0.39 is 35.4 Å². The van der Waals surface area contributed by atoms with E-state index in [1.54, 1.807) is 11.0 Å². The number of para-hydroxylation sites is 1. The summed E-state index contributed by atoms with van der Waals surface area (Å²) in [6.07, 6.45) is -3.99. The number of H-pyrrole nitrogens is 1. The molecule has 3 aliphatic heterocycles. The van der Waals surface area contributed by atoms with Crippen LogP contribution in [0.15, 0.2) is 58.4 Å². The summed E-state index contributed by atoms with van der Waals surface area (Å²) in [5.74, 6) is -2.85. The highest BCUT2D eigenvalue weighted by molar-refractivity contribution is 8.00. The van der Waals surface area contributed by atoms with Crippen LogP contribution in [0.5, 0.6) is 5.75 Å². The van der Waals surface area contributed by atoms with Gasteiger partial charge in [0.05, 0.1) is 41.3 Å². The molecule has 0 radical (unpaired) electrons. The minimum atomic E-state index is -4.62. The normalized spacial score (nSPS) is 29.9. The van der Waals surface area contributed by atoms with Crippen LogP contribution in [0.4, 0.5) is 18.9 Å². The lowest BCUT2D eigenvalue weighted by Gasteiger charge is -2.43. The summed E-state index contributed by atoms with van der Waals surface area (Å²) in [7, 11) is 0. The van der Waals surface area contributed by atoms with Gasteiger partial charge in [-0.15, -0.1) is 11.8 Å². The van der Waals surface area contributed by atoms with E-state index in [1.807, 2.05) is 18.2 Å². The van der Waals surface area contributed by atoms with E-state index >= 15 is 0 Å². The number of anilines is 1. The van der Waals surface area contributed by atoms with Crippen molar-refractivity contribution in [3.05, 3.63) is 74.2 Å². The zero-order chi connectivity index (χ0) is 31.9. The van der Waals surface area contributed by atoms with Crippen molar-refractivity contribution in [2.75, 3.05) is 37.8 Å². The molecule has 3 amide bonds. The van der Waals surface area contributed by atoms with Gasteiger partial charge in [0, 0.05) is 34.7 Å². The number of rotatable bonds is 5. The molecule has 9 nitrogen and oxygen atoms in total. The number of nitrogens with one attached hydrogen (secondary N) is 1. The molecule has 2 aliphatic carbocycles. The predicted molar refractivity (Wildman–Crippen MR) is 162 cm³/mol. The molecule has 2 aromatic carbocycles. The van der Waals surface area contributed by atoms with Crippen LogP contribution in [0.1, 0.15) is 28.3 Å². The average molecular weight is 672 g/mol. The number of thiazole rings is 1. The Morgan fingerprint density at radius 2 is 1.74 bits per heavy atom. The van der Waals surface area contributed by atoms with Gasteiger partial charge in [-0.2, -0.15) is 13.2 Å². The second-order valence-electron chi connectivity index (χ2n) is 12.3. The number of hydrogen-bond acceptors (Lipinski definition) is 8. The van der Waals surface area contributed by atoms with Gasteiger partial charge in [-0.25, -0.2) is 0 Å². The number of aromatic nitrogens is 1. The summed E-state index contributed by atoms with van der Waals surface area (Å²) in [5, 5.41) is 0.603. The molecule has 240 valence electrons. The molecule has 7 atom stereocenters. The maximum atomic E-state index is 14.0. The van der Waals surface area contributed by atoms with Crippen LogP contribution in [0.2, 0.25) is 0 Å². The monoisotopic (exact) mass is 671 g/mol. The number of morpholine rings is 1. The van der Waals surface area contributed by atoms with Crippen LogP contribution in [-0.4, -0.2) is 65.8 Å². The zero-order valence-corrected chi connectivity index (χ0v) is 25.8. The highest BCUT2D eigenvalue weighted by atomic mass is 32.2. The quantitative estimate of drug-likeness (QED) is 0.402. The fourth-order valence-electron chi connectivity index (χ4n) is 8.35. The van der Waals surface area contributed by atoms with Crippen LogP contribution in [0.25, 0.3) is 0 Å². The third-order valence-electron chi connectivity index (χ3n) is 10.1. The minimum absolute atomic E-state index is 0.0714. The van der Waals surface area contributed by atoms with Crippen molar-refractivity contribution >= 4 is 46.5 Å². The van der Waals surface area contributed by atoms with Gasteiger partial charge in [0.1, 0.15) is 5.75 Å². The van der Waals surface area contributed by atoms with Crippen molar-refractivity contribution in [2.24, 2.45) is 29.6 Å². The van der Waals surface area contributed by atoms with Gasteiger partial charge in [0.25, 0.3) is 5.91 Å². The van der Waals surface area contributed by atoms with Crippen LogP contribution in [0, 0.1) is 29.6 Å². The molecule has 2 saturated heterocycles. The number of benzene rings is 2. The third kappa shape index (κ3) is 4.62. The Balaban J connectivity index is 1.14. The van der Waals surface area contributed by atoms with Crippen molar-refractivity contribution in [1.82, 2.24) is 9.88 Å². The molecule has 4 heterocycles. The van der Waals surface area contributed by atoms with Gasteiger partial charge in [0.15, 0.2) is 6.61 Å². The molecular formula is C32H28F3N3O6S2. The summed E-state index contributed by atoms with van der Waals surface area (Å²) in [6.45, 7) is 1.75. The number of aromatic amines is 1. The summed E-state index contributed by atoms with van der Waals surface area (Å²) in [4.78, 5) is 59.7. The Hall–Kier alpha value is -3.62. The Labute approximate surface area is 269 Å². The van der Waals surface area contributed by atoms with Crippen LogP contribution in [-0.2, 0) is 25.3 Å². The highest BCUT2D eigenvalue weighted by Crippen LogP contribution is 2.69. The molecule has 14 heteroatoms. The van der Waals surface area contributed by atoms with Gasteiger partial charge in [-0.1, -0.05) is 35.6 Å². The molecule has 2 saturated carbocycles. The standard InChI is InChI=1S/C32H28F3N3O6S2/c33-32(34,35)15-4-3-5-16(12-15)38-29(40)24-18-13-19(25(24)30(38)41)26-23(18)22(27-28(45-26)36-31(42)46-27)17-6-1-2-7-20(17)44-14-21(39)37-8-10-43-11-9-37/h1-7,12,18-19,22-26H,8-11,13-14H2,(H,36,42)/t18?,19?,22-,23?,24?,25?,26?/m1/s1. The number of amides is 3. The smallest absolute Gasteiger partial charge is 0.416 e. The maximum Gasteiger partial charge on any atom is 0.416 e. The lowest BCUT2D eigenvalue weighted by molar-refractivity contribution is -0.138. The van der Waals surface area contributed by atoms with E-state index in [0.29, 0.717) is 38.5 Å². The number of alkyl halides is 3. The molecule has 2 bridgehead atoms. The first kappa shape index (κ1) is 29.8. The van der Waals surface area contributed by atoms with Crippen LogP contribution in [0.3, 0.4) is 0 Å². The van der Waals surface area contributed by atoms with Gasteiger partial charge < -0.3 is 19.4 Å². The molecule has 1 N–H and O–H groups in total. The first-order chi connectivity index (χ1) is 22.1. The number of carbonyl (C=O) groups excluding carboxylic acids is 3. The van der Waals surface area contributed by atoms with Gasteiger partial charge in [0.2, 0.25) is 11.8 Å². The second kappa shape index (κ2) is 11.0.